The van der Waals surface area contributed by atoms with Gasteiger partial charge in [-0.25, -0.2) is 4.79 Å². The number of methoxy groups -OCH3 is 1. The fraction of sp³-hybridized carbons (Fsp3) is 0.579. The maximum Gasteiger partial charge on any atom is 0.346 e. The van der Waals surface area contributed by atoms with Gasteiger partial charge in [0.25, 0.3) is 0 Å². The second kappa shape index (κ2) is 6.92. The van der Waals surface area contributed by atoms with Crippen LogP contribution in [0.15, 0.2) is 30.3 Å². The number of ether oxygens (including phenoxy) is 2. The first-order chi connectivity index (χ1) is 11.7. The van der Waals surface area contributed by atoms with Crippen molar-refractivity contribution in [2.45, 2.75) is 43.2 Å². The van der Waals surface area contributed by atoms with Crippen molar-refractivity contribution in [2.24, 2.45) is 0 Å². The van der Waals surface area contributed by atoms with Crippen molar-refractivity contribution in [1.29, 1.82) is 5.26 Å². The molecule has 1 aromatic rings. The Morgan fingerprint density at radius 1 is 1.17 bits per heavy atom. The molecular formula is C19H24N2O3. The summed E-state index contributed by atoms with van der Waals surface area (Å²) >= 11 is 0. The van der Waals surface area contributed by atoms with Crippen LogP contribution in [0.3, 0.4) is 0 Å². The molecule has 128 valence electrons. The standard InChI is InChI=1S/C19H24N2O3/c1-23-17(22)19(16-10-6-5-7-11-16)18(14-20,15-24-19)21-12-8-3-2-4-9-13-21/h5-7,10-11H,2-4,8-9,12-13,15H2,1H3/t18-,19+/m1/s1. The lowest BCUT2D eigenvalue weighted by atomic mass is 9.69. The second-order valence-electron chi connectivity index (χ2n) is 6.55. The van der Waals surface area contributed by atoms with Gasteiger partial charge in [0.1, 0.15) is 0 Å². The summed E-state index contributed by atoms with van der Waals surface area (Å²) in [7, 11) is 1.35. The van der Waals surface area contributed by atoms with Crippen molar-refractivity contribution < 1.29 is 14.3 Å². The maximum atomic E-state index is 12.8. The Hall–Kier alpha value is -1.90. The Kier molecular flexibility index (Phi) is 4.88. The van der Waals surface area contributed by atoms with Crippen LogP contribution in [0.2, 0.25) is 0 Å². The van der Waals surface area contributed by atoms with Crippen LogP contribution in [0.25, 0.3) is 0 Å². The quantitative estimate of drug-likeness (QED) is 0.798. The third kappa shape index (κ3) is 2.42. The summed E-state index contributed by atoms with van der Waals surface area (Å²) in [5.41, 5.74) is -1.68. The molecule has 0 N–H and O–H groups in total. The Bertz CT molecular complexity index is 619. The lowest BCUT2D eigenvalue weighted by Gasteiger charge is -2.57. The molecule has 0 amide bonds. The van der Waals surface area contributed by atoms with E-state index < -0.39 is 17.1 Å². The van der Waals surface area contributed by atoms with Gasteiger partial charge in [0, 0.05) is 0 Å². The number of hydrogen-bond acceptors (Lipinski definition) is 5. The molecule has 0 aliphatic carbocycles. The highest BCUT2D eigenvalue weighted by Crippen LogP contribution is 2.50. The normalized spacial score (nSPS) is 31.2. The SMILES string of the molecule is COC(=O)[C@]1(c2ccccc2)OC[C@@]1(C#N)N1CCCCCCC1. The molecule has 2 aliphatic heterocycles. The summed E-state index contributed by atoms with van der Waals surface area (Å²) in [6, 6.07) is 11.7. The maximum absolute atomic E-state index is 12.8. The molecule has 5 nitrogen and oxygen atoms in total. The highest BCUT2D eigenvalue weighted by molar-refractivity contribution is 5.86. The number of nitrogens with zero attached hydrogens (tertiary/aromatic N) is 2. The van der Waals surface area contributed by atoms with Crippen molar-refractivity contribution in [3.8, 4) is 6.07 Å². The van der Waals surface area contributed by atoms with Crippen LogP contribution in [0, 0.1) is 11.3 Å². The molecule has 0 saturated carbocycles. The highest BCUT2D eigenvalue weighted by Gasteiger charge is 2.71. The highest BCUT2D eigenvalue weighted by atomic mass is 16.6. The molecule has 0 bridgehead atoms. The van der Waals surface area contributed by atoms with Crippen molar-refractivity contribution in [1.82, 2.24) is 4.90 Å². The molecule has 2 aliphatic rings. The van der Waals surface area contributed by atoms with E-state index in [-0.39, 0.29) is 6.61 Å². The fourth-order valence-corrected chi connectivity index (χ4v) is 3.96. The smallest absolute Gasteiger partial charge is 0.346 e. The van der Waals surface area contributed by atoms with Gasteiger partial charge in [-0.1, -0.05) is 49.6 Å². The van der Waals surface area contributed by atoms with Crippen LogP contribution in [-0.2, 0) is 19.9 Å². The molecule has 0 radical (unpaired) electrons. The van der Waals surface area contributed by atoms with Crippen molar-refractivity contribution >= 4 is 5.97 Å². The lowest BCUT2D eigenvalue weighted by Crippen LogP contribution is -2.76. The molecule has 3 rings (SSSR count). The van der Waals surface area contributed by atoms with E-state index >= 15 is 0 Å². The van der Waals surface area contributed by atoms with E-state index in [0.717, 1.165) is 38.8 Å². The fourth-order valence-electron chi connectivity index (χ4n) is 3.96. The van der Waals surface area contributed by atoms with Crippen LogP contribution < -0.4 is 0 Å². The predicted molar refractivity (Wildman–Crippen MR) is 89.1 cm³/mol. The van der Waals surface area contributed by atoms with Crippen molar-refractivity contribution in [3.63, 3.8) is 0 Å². The van der Waals surface area contributed by atoms with Crippen LogP contribution >= 0.6 is 0 Å². The van der Waals surface area contributed by atoms with Crippen molar-refractivity contribution in [2.75, 3.05) is 26.8 Å². The average molecular weight is 328 g/mol. The third-order valence-corrected chi connectivity index (χ3v) is 5.31. The van der Waals surface area contributed by atoms with Gasteiger partial charge < -0.3 is 9.47 Å². The predicted octanol–water partition coefficient (Wildman–Crippen LogP) is 2.61. The van der Waals surface area contributed by atoms with E-state index in [9.17, 15) is 10.1 Å². The summed E-state index contributed by atoms with van der Waals surface area (Å²) in [6.07, 6.45) is 5.64. The number of rotatable bonds is 3. The zero-order valence-corrected chi connectivity index (χ0v) is 14.2. The molecule has 0 aromatic heterocycles. The molecule has 0 unspecified atom stereocenters. The van der Waals surface area contributed by atoms with Crippen LogP contribution in [0.4, 0.5) is 0 Å². The summed E-state index contributed by atoms with van der Waals surface area (Å²) < 4.78 is 10.9. The number of nitriles is 1. The molecule has 2 saturated heterocycles. The zero-order valence-electron chi connectivity index (χ0n) is 14.2. The first kappa shape index (κ1) is 16.9. The largest absolute Gasteiger partial charge is 0.467 e. The molecule has 2 fully saturated rings. The molecule has 1 aromatic carbocycles. The molecule has 5 heteroatoms. The minimum atomic E-state index is -1.36. The summed E-state index contributed by atoms with van der Waals surface area (Å²) in [4.78, 5) is 14.9. The van der Waals surface area contributed by atoms with E-state index in [1.165, 1.54) is 13.5 Å². The minimum Gasteiger partial charge on any atom is -0.467 e. The zero-order chi connectivity index (χ0) is 17.0. The van der Waals surface area contributed by atoms with E-state index in [1.807, 2.05) is 30.3 Å². The van der Waals surface area contributed by atoms with Gasteiger partial charge >= 0.3 is 5.97 Å². The molecule has 24 heavy (non-hydrogen) atoms. The first-order valence-corrected chi connectivity index (χ1v) is 8.65. The third-order valence-electron chi connectivity index (χ3n) is 5.31. The van der Waals surface area contributed by atoms with Gasteiger partial charge in [-0.05, 0) is 31.5 Å². The first-order valence-electron chi connectivity index (χ1n) is 8.65. The lowest BCUT2D eigenvalue weighted by molar-refractivity contribution is -0.261. The van der Waals surface area contributed by atoms with Crippen LogP contribution in [-0.4, -0.2) is 43.2 Å². The Labute approximate surface area is 143 Å². The summed E-state index contributed by atoms with van der Waals surface area (Å²) in [6.45, 7) is 1.85. The number of carbonyl (C=O) groups excluding carboxylic acids is 1. The molecule has 0 spiro atoms. The molecule has 2 heterocycles. The Morgan fingerprint density at radius 2 is 1.79 bits per heavy atom. The summed E-state index contributed by atoms with van der Waals surface area (Å²) in [5.74, 6) is -0.497. The van der Waals surface area contributed by atoms with E-state index in [2.05, 4.69) is 11.0 Å². The average Bonchev–Trinajstić information content (AvgIpc) is 2.57. The molecular weight excluding hydrogens is 304 g/mol. The van der Waals surface area contributed by atoms with Crippen LogP contribution in [0.5, 0.6) is 0 Å². The van der Waals surface area contributed by atoms with Crippen LogP contribution in [0.1, 0.15) is 37.7 Å². The number of esters is 1. The molecule has 2 atom stereocenters. The number of benzene rings is 1. The topological polar surface area (TPSA) is 62.6 Å². The van der Waals surface area contributed by atoms with E-state index in [4.69, 9.17) is 9.47 Å². The van der Waals surface area contributed by atoms with Gasteiger partial charge in [0.15, 0.2) is 5.54 Å². The van der Waals surface area contributed by atoms with Gasteiger partial charge in [0.05, 0.1) is 19.8 Å². The monoisotopic (exact) mass is 328 g/mol. The van der Waals surface area contributed by atoms with E-state index in [0.29, 0.717) is 5.56 Å². The number of carbonyl (C=O) groups is 1. The van der Waals surface area contributed by atoms with Crippen molar-refractivity contribution in [3.05, 3.63) is 35.9 Å². The Balaban J connectivity index is 2.05. The van der Waals surface area contributed by atoms with Gasteiger partial charge in [-0.3, -0.25) is 4.90 Å². The van der Waals surface area contributed by atoms with Gasteiger partial charge in [0.2, 0.25) is 5.60 Å². The number of hydrogen-bond donors (Lipinski definition) is 0. The van der Waals surface area contributed by atoms with Gasteiger partial charge in [-0.15, -0.1) is 0 Å². The minimum absolute atomic E-state index is 0.230. The Morgan fingerprint density at radius 3 is 2.29 bits per heavy atom. The van der Waals surface area contributed by atoms with E-state index in [1.54, 1.807) is 0 Å². The summed E-state index contributed by atoms with van der Waals surface area (Å²) in [5, 5.41) is 10.1. The van der Waals surface area contributed by atoms with Gasteiger partial charge in [-0.2, -0.15) is 5.26 Å². The second-order valence-corrected chi connectivity index (χ2v) is 6.55. The number of likely N-dealkylation sites (tertiary alicyclic amines) is 1.